The quantitative estimate of drug-likeness (QED) is 0.689. The summed E-state index contributed by atoms with van der Waals surface area (Å²) in [5.41, 5.74) is -2.08. The van der Waals surface area contributed by atoms with E-state index in [4.69, 9.17) is 0 Å². The van der Waals surface area contributed by atoms with E-state index in [2.05, 4.69) is 4.98 Å². The monoisotopic (exact) mass is 291 g/mol. The molecule has 1 heterocycles. The van der Waals surface area contributed by atoms with E-state index in [1.807, 2.05) is 0 Å². The Morgan fingerprint density at radius 1 is 0.750 bits per heavy atom. The lowest BCUT2D eigenvalue weighted by Gasteiger charge is -2.10. The maximum absolute atomic E-state index is 12.6. The van der Waals surface area contributed by atoms with Gasteiger partial charge in [0.1, 0.15) is 0 Å². The first-order chi connectivity index (χ1) is 9.18. The van der Waals surface area contributed by atoms with Crippen molar-refractivity contribution in [1.82, 2.24) is 4.98 Å². The molecule has 0 bridgehead atoms. The Labute approximate surface area is 109 Å². The number of rotatable bonds is 1. The van der Waals surface area contributed by atoms with Gasteiger partial charge < -0.3 is 0 Å². The average molecular weight is 291 g/mol. The molecular formula is C13H7F6N. The second-order valence-electron chi connectivity index (χ2n) is 4.01. The minimum atomic E-state index is -4.57. The van der Waals surface area contributed by atoms with Crippen LogP contribution in [0.2, 0.25) is 0 Å². The minimum absolute atomic E-state index is 0.0223. The zero-order chi connectivity index (χ0) is 15.0. The highest BCUT2D eigenvalue weighted by Gasteiger charge is 2.32. The normalized spacial score (nSPS) is 12.5. The summed E-state index contributed by atoms with van der Waals surface area (Å²) in [7, 11) is 0. The van der Waals surface area contributed by atoms with E-state index in [0.29, 0.717) is 0 Å². The Morgan fingerprint density at radius 3 is 1.95 bits per heavy atom. The van der Waals surface area contributed by atoms with Crippen LogP contribution in [0.25, 0.3) is 11.3 Å². The Hall–Kier alpha value is -2.05. The van der Waals surface area contributed by atoms with Crippen LogP contribution < -0.4 is 0 Å². The Morgan fingerprint density at radius 2 is 1.35 bits per heavy atom. The van der Waals surface area contributed by atoms with E-state index in [1.165, 1.54) is 6.07 Å². The molecule has 0 unspecified atom stereocenters. The van der Waals surface area contributed by atoms with Crippen molar-refractivity contribution < 1.29 is 26.3 Å². The maximum Gasteiger partial charge on any atom is 0.416 e. The summed E-state index contributed by atoms with van der Waals surface area (Å²) in [6.45, 7) is 0. The van der Waals surface area contributed by atoms with Gasteiger partial charge in [0.25, 0.3) is 0 Å². The fourth-order valence-electron chi connectivity index (χ4n) is 1.62. The second kappa shape index (κ2) is 4.81. The van der Waals surface area contributed by atoms with E-state index in [-0.39, 0.29) is 11.3 Å². The van der Waals surface area contributed by atoms with Gasteiger partial charge in [-0.2, -0.15) is 26.3 Å². The van der Waals surface area contributed by atoms with Crippen molar-refractivity contribution in [3.05, 3.63) is 53.7 Å². The van der Waals surface area contributed by atoms with E-state index >= 15 is 0 Å². The number of halogens is 6. The van der Waals surface area contributed by atoms with Crippen molar-refractivity contribution in [3.8, 4) is 11.3 Å². The first-order valence-electron chi connectivity index (χ1n) is 5.39. The van der Waals surface area contributed by atoms with E-state index in [1.54, 1.807) is 0 Å². The molecule has 0 amide bonds. The first-order valence-corrected chi connectivity index (χ1v) is 5.39. The molecule has 0 radical (unpaired) electrons. The van der Waals surface area contributed by atoms with Crippen LogP contribution in [-0.2, 0) is 12.4 Å². The molecule has 0 aliphatic carbocycles. The van der Waals surface area contributed by atoms with Gasteiger partial charge in [0.2, 0.25) is 0 Å². The van der Waals surface area contributed by atoms with Crippen LogP contribution in [0.4, 0.5) is 26.3 Å². The first kappa shape index (κ1) is 14.4. The number of benzene rings is 1. The number of alkyl halides is 6. The number of pyridine rings is 1. The zero-order valence-electron chi connectivity index (χ0n) is 9.76. The fourth-order valence-corrected chi connectivity index (χ4v) is 1.62. The Kier molecular flexibility index (Phi) is 3.45. The fraction of sp³-hybridized carbons (Fsp3) is 0.154. The standard InChI is InChI=1S/C13H7F6N/c14-12(15,16)9-3-1-2-8(6-9)11-7-10(4-5-20-11)13(17,18)19/h1-7H. The predicted octanol–water partition coefficient (Wildman–Crippen LogP) is 4.79. The van der Waals surface area contributed by atoms with Gasteiger partial charge in [0.15, 0.2) is 0 Å². The SMILES string of the molecule is FC(F)(F)c1cccc(-c2cc(C(F)(F)F)ccn2)c1. The predicted molar refractivity (Wildman–Crippen MR) is 59.7 cm³/mol. The van der Waals surface area contributed by atoms with Crippen molar-refractivity contribution in [2.45, 2.75) is 12.4 Å². The van der Waals surface area contributed by atoms with E-state index in [0.717, 1.165) is 36.5 Å². The van der Waals surface area contributed by atoms with Gasteiger partial charge in [-0.15, -0.1) is 0 Å². The molecule has 7 heteroatoms. The topological polar surface area (TPSA) is 12.9 Å². The molecule has 0 saturated carbocycles. The van der Waals surface area contributed by atoms with Crippen molar-refractivity contribution in [2.24, 2.45) is 0 Å². The van der Waals surface area contributed by atoms with Crippen LogP contribution in [-0.4, -0.2) is 4.98 Å². The third-order valence-corrected chi connectivity index (χ3v) is 2.57. The van der Waals surface area contributed by atoms with Crippen LogP contribution >= 0.6 is 0 Å². The molecule has 1 nitrogen and oxygen atoms in total. The van der Waals surface area contributed by atoms with Gasteiger partial charge >= 0.3 is 12.4 Å². The van der Waals surface area contributed by atoms with Gasteiger partial charge in [-0.1, -0.05) is 12.1 Å². The molecule has 2 rings (SSSR count). The van der Waals surface area contributed by atoms with E-state index < -0.39 is 23.5 Å². The van der Waals surface area contributed by atoms with Crippen LogP contribution in [0.15, 0.2) is 42.6 Å². The largest absolute Gasteiger partial charge is 0.416 e. The summed E-state index contributed by atoms with van der Waals surface area (Å²) in [6.07, 6.45) is -8.21. The lowest BCUT2D eigenvalue weighted by Crippen LogP contribution is -2.06. The van der Waals surface area contributed by atoms with E-state index in [9.17, 15) is 26.3 Å². The third kappa shape index (κ3) is 3.09. The summed E-state index contributed by atoms with van der Waals surface area (Å²) in [6, 6.07) is 5.49. The van der Waals surface area contributed by atoms with Crippen LogP contribution in [0.3, 0.4) is 0 Å². The highest BCUT2D eigenvalue weighted by molar-refractivity contribution is 5.61. The minimum Gasteiger partial charge on any atom is -0.256 e. The number of hydrogen-bond donors (Lipinski definition) is 0. The van der Waals surface area contributed by atoms with Crippen molar-refractivity contribution in [3.63, 3.8) is 0 Å². The summed E-state index contributed by atoms with van der Waals surface area (Å²) in [5.74, 6) is 0. The molecule has 0 saturated heterocycles. The van der Waals surface area contributed by atoms with Gasteiger partial charge in [-0.05, 0) is 24.3 Å². The highest BCUT2D eigenvalue weighted by Crippen LogP contribution is 2.34. The highest BCUT2D eigenvalue weighted by atomic mass is 19.4. The molecule has 0 N–H and O–H groups in total. The molecule has 106 valence electrons. The van der Waals surface area contributed by atoms with Crippen molar-refractivity contribution in [2.75, 3.05) is 0 Å². The van der Waals surface area contributed by atoms with Gasteiger partial charge in [-0.25, -0.2) is 0 Å². The molecular weight excluding hydrogens is 284 g/mol. The van der Waals surface area contributed by atoms with Gasteiger partial charge in [-0.3, -0.25) is 4.98 Å². The third-order valence-electron chi connectivity index (χ3n) is 2.57. The summed E-state index contributed by atoms with van der Waals surface area (Å²) >= 11 is 0. The summed E-state index contributed by atoms with van der Waals surface area (Å²) in [4.78, 5) is 3.68. The molecule has 0 atom stereocenters. The molecule has 1 aromatic heterocycles. The summed E-state index contributed by atoms with van der Waals surface area (Å²) in [5, 5.41) is 0. The van der Waals surface area contributed by atoms with Gasteiger partial charge in [0.05, 0.1) is 16.8 Å². The van der Waals surface area contributed by atoms with Crippen molar-refractivity contribution in [1.29, 1.82) is 0 Å². The van der Waals surface area contributed by atoms with Crippen molar-refractivity contribution >= 4 is 0 Å². The van der Waals surface area contributed by atoms with Gasteiger partial charge in [0, 0.05) is 11.8 Å². The molecule has 0 aliphatic rings. The maximum atomic E-state index is 12.6. The number of hydrogen-bond acceptors (Lipinski definition) is 1. The lowest BCUT2D eigenvalue weighted by atomic mass is 10.1. The molecule has 2 aromatic rings. The lowest BCUT2D eigenvalue weighted by molar-refractivity contribution is -0.138. The second-order valence-corrected chi connectivity index (χ2v) is 4.01. The van der Waals surface area contributed by atoms with Crippen LogP contribution in [0.1, 0.15) is 11.1 Å². The number of aromatic nitrogens is 1. The van der Waals surface area contributed by atoms with Crippen LogP contribution in [0, 0.1) is 0 Å². The smallest absolute Gasteiger partial charge is 0.256 e. The summed E-state index contributed by atoms with van der Waals surface area (Å²) < 4.78 is 75.3. The Balaban J connectivity index is 2.47. The molecule has 0 spiro atoms. The molecule has 20 heavy (non-hydrogen) atoms. The molecule has 1 aromatic carbocycles. The average Bonchev–Trinajstić information content (AvgIpc) is 2.37. The number of nitrogens with zero attached hydrogens (tertiary/aromatic N) is 1. The van der Waals surface area contributed by atoms with Crippen LogP contribution in [0.5, 0.6) is 0 Å². The molecule has 0 fully saturated rings. The zero-order valence-corrected chi connectivity index (χ0v) is 9.76. The Bertz CT molecular complexity index is 559. The molecule has 0 aliphatic heterocycles.